The first kappa shape index (κ1) is 9.19. The lowest BCUT2D eigenvalue weighted by Gasteiger charge is -1.98. The number of hydrogen-bond acceptors (Lipinski definition) is 4. The first-order valence-electron chi connectivity index (χ1n) is 4.16. The zero-order valence-corrected chi connectivity index (χ0v) is 7.61. The minimum Gasteiger partial charge on any atom is -0.385 e. The summed E-state index contributed by atoms with van der Waals surface area (Å²) < 4.78 is 4.96. The maximum Gasteiger partial charge on any atom is 0.229 e. The van der Waals surface area contributed by atoms with Crippen molar-refractivity contribution in [2.24, 2.45) is 0 Å². The van der Waals surface area contributed by atoms with E-state index in [4.69, 9.17) is 9.63 Å². The van der Waals surface area contributed by atoms with E-state index >= 15 is 0 Å². The molecule has 2 unspecified atom stereocenters. The molecule has 1 aromatic heterocycles. The molecule has 0 aliphatic carbocycles. The molecule has 68 valence electrons. The fourth-order valence-electron chi connectivity index (χ4n) is 0.792. The largest absolute Gasteiger partial charge is 0.385 e. The predicted octanol–water partition coefficient (Wildman–Crippen LogP) is 1.64. The molecule has 2 atom stereocenters. The van der Waals surface area contributed by atoms with Gasteiger partial charge in [0, 0.05) is 5.92 Å². The van der Waals surface area contributed by atoms with Crippen molar-refractivity contribution < 1.29 is 9.63 Å². The lowest BCUT2D eigenvalue weighted by Crippen LogP contribution is -1.95. The van der Waals surface area contributed by atoms with Gasteiger partial charge >= 0.3 is 0 Å². The van der Waals surface area contributed by atoms with Crippen LogP contribution in [0, 0.1) is 0 Å². The molecule has 0 spiro atoms. The highest BCUT2D eigenvalue weighted by Crippen LogP contribution is 2.17. The Morgan fingerprint density at radius 2 is 2.17 bits per heavy atom. The monoisotopic (exact) mass is 170 g/mol. The van der Waals surface area contributed by atoms with Gasteiger partial charge in [-0.3, -0.25) is 0 Å². The van der Waals surface area contributed by atoms with Crippen LogP contribution in [0.2, 0.25) is 0 Å². The summed E-state index contributed by atoms with van der Waals surface area (Å²) in [5, 5.41) is 12.8. The van der Waals surface area contributed by atoms with Gasteiger partial charge in [0.15, 0.2) is 5.82 Å². The molecule has 0 fully saturated rings. The normalized spacial score (nSPS) is 16.0. The van der Waals surface area contributed by atoms with Crippen LogP contribution in [0.15, 0.2) is 4.52 Å². The van der Waals surface area contributed by atoms with Crippen LogP contribution in [0.4, 0.5) is 0 Å². The number of hydrogen-bond donors (Lipinski definition) is 1. The number of aliphatic hydroxyl groups excluding tert-OH is 1. The third-order valence-electron chi connectivity index (χ3n) is 1.87. The maximum absolute atomic E-state index is 9.11. The van der Waals surface area contributed by atoms with E-state index in [0.717, 1.165) is 6.42 Å². The zero-order chi connectivity index (χ0) is 9.14. The molecule has 0 aromatic carbocycles. The number of aromatic nitrogens is 2. The number of rotatable bonds is 3. The molecule has 1 rings (SSSR count). The number of aliphatic hydroxyl groups is 1. The van der Waals surface area contributed by atoms with Crippen LogP contribution in [0.25, 0.3) is 0 Å². The molecule has 0 saturated heterocycles. The molecule has 0 aliphatic rings. The van der Waals surface area contributed by atoms with Crippen LogP contribution in [0.3, 0.4) is 0 Å². The Bertz CT molecular complexity index is 245. The third-order valence-corrected chi connectivity index (χ3v) is 1.87. The molecule has 1 N–H and O–H groups in total. The van der Waals surface area contributed by atoms with E-state index in [1.165, 1.54) is 0 Å². The van der Waals surface area contributed by atoms with Crippen molar-refractivity contribution in [1.29, 1.82) is 0 Å². The van der Waals surface area contributed by atoms with E-state index in [1.807, 2.05) is 6.92 Å². The molecule has 0 bridgehead atoms. The average Bonchev–Trinajstić information content (AvgIpc) is 2.51. The second-order valence-corrected chi connectivity index (χ2v) is 2.98. The Morgan fingerprint density at radius 1 is 1.50 bits per heavy atom. The molecule has 0 aliphatic heterocycles. The maximum atomic E-state index is 9.11. The van der Waals surface area contributed by atoms with Crippen molar-refractivity contribution in [3.05, 3.63) is 11.7 Å². The second kappa shape index (κ2) is 3.67. The van der Waals surface area contributed by atoms with Gasteiger partial charge in [-0.2, -0.15) is 4.98 Å². The van der Waals surface area contributed by atoms with Gasteiger partial charge in [0.25, 0.3) is 0 Å². The fraction of sp³-hybridized carbons (Fsp3) is 0.750. The van der Waals surface area contributed by atoms with Gasteiger partial charge in [-0.25, -0.2) is 0 Å². The topological polar surface area (TPSA) is 59.2 Å². The van der Waals surface area contributed by atoms with Gasteiger partial charge in [-0.15, -0.1) is 0 Å². The highest BCUT2D eigenvalue weighted by Gasteiger charge is 2.14. The summed E-state index contributed by atoms with van der Waals surface area (Å²) in [7, 11) is 0. The molecule has 0 saturated carbocycles. The van der Waals surface area contributed by atoms with Gasteiger partial charge in [-0.1, -0.05) is 19.0 Å². The molecule has 12 heavy (non-hydrogen) atoms. The SMILES string of the molecule is CCC(C)c1nc(C(C)O)no1. The highest BCUT2D eigenvalue weighted by molar-refractivity contribution is 4.93. The second-order valence-electron chi connectivity index (χ2n) is 2.98. The Balaban J connectivity index is 2.77. The summed E-state index contributed by atoms with van der Waals surface area (Å²) in [5.41, 5.74) is 0. The van der Waals surface area contributed by atoms with Gasteiger partial charge in [0.05, 0.1) is 0 Å². The van der Waals surface area contributed by atoms with Gasteiger partial charge < -0.3 is 9.63 Å². The highest BCUT2D eigenvalue weighted by atomic mass is 16.5. The smallest absolute Gasteiger partial charge is 0.229 e. The summed E-state index contributed by atoms with van der Waals surface area (Å²) >= 11 is 0. The molecule has 0 amide bonds. The van der Waals surface area contributed by atoms with Crippen LogP contribution in [0.1, 0.15) is 50.9 Å². The molecule has 4 heteroatoms. The predicted molar refractivity (Wildman–Crippen MR) is 43.6 cm³/mol. The summed E-state index contributed by atoms with van der Waals surface area (Å²) in [6, 6.07) is 0. The molecule has 1 heterocycles. The van der Waals surface area contributed by atoms with E-state index < -0.39 is 6.10 Å². The Hall–Kier alpha value is -0.900. The molecule has 4 nitrogen and oxygen atoms in total. The summed E-state index contributed by atoms with van der Waals surface area (Å²) in [5.74, 6) is 1.24. The van der Waals surface area contributed by atoms with Crippen LogP contribution in [-0.2, 0) is 0 Å². The molecule has 1 aromatic rings. The third kappa shape index (κ3) is 1.82. The van der Waals surface area contributed by atoms with Crippen LogP contribution >= 0.6 is 0 Å². The van der Waals surface area contributed by atoms with Crippen LogP contribution in [0.5, 0.6) is 0 Å². The summed E-state index contributed by atoms with van der Waals surface area (Å²) in [6.07, 6.45) is 0.313. The van der Waals surface area contributed by atoms with Crippen molar-refractivity contribution in [1.82, 2.24) is 10.1 Å². The minimum absolute atomic E-state index is 0.269. The average molecular weight is 170 g/mol. The standard InChI is InChI=1S/C8H14N2O2/c1-4-5(2)8-9-7(6(3)11)10-12-8/h5-6,11H,4H2,1-3H3. The molecular formula is C8H14N2O2. The van der Waals surface area contributed by atoms with Crippen molar-refractivity contribution >= 4 is 0 Å². The van der Waals surface area contributed by atoms with E-state index in [0.29, 0.717) is 11.7 Å². The van der Waals surface area contributed by atoms with Crippen molar-refractivity contribution in [2.75, 3.05) is 0 Å². The zero-order valence-electron chi connectivity index (χ0n) is 7.61. The van der Waals surface area contributed by atoms with E-state index in [9.17, 15) is 0 Å². The van der Waals surface area contributed by atoms with E-state index in [1.54, 1.807) is 6.92 Å². The molecule has 0 radical (unpaired) electrons. The van der Waals surface area contributed by atoms with Gasteiger partial charge in [0.2, 0.25) is 5.89 Å². The lowest BCUT2D eigenvalue weighted by atomic mass is 10.1. The quantitative estimate of drug-likeness (QED) is 0.749. The fourth-order valence-corrected chi connectivity index (χ4v) is 0.792. The first-order chi connectivity index (χ1) is 5.65. The minimum atomic E-state index is -0.647. The van der Waals surface area contributed by atoms with E-state index in [-0.39, 0.29) is 5.92 Å². The van der Waals surface area contributed by atoms with Crippen LogP contribution in [-0.4, -0.2) is 15.2 Å². The molecular weight excluding hydrogens is 156 g/mol. The Kier molecular flexibility index (Phi) is 2.81. The van der Waals surface area contributed by atoms with Gasteiger partial charge in [0.1, 0.15) is 6.10 Å². The van der Waals surface area contributed by atoms with Crippen molar-refractivity contribution in [2.45, 2.75) is 39.2 Å². The van der Waals surface area contributed by atoms with E-state index in [2.05, 4.69) is 17.1 Å². The lowest BCUT2D eigenvalue weighted by molar-refractivity contribution is 0.184. The summed E-state index contributed by atoms with van der Waals surface area (Å²) in [6.45, 7) is 5.68. The van der Waals surface area contributed by atoms with Gasteiger partial charge in [-0.05, 0) is 13.3 Å². The summed E-state index contributed by atoms with van der Waals surface area (Å²) in [4.78, 5) is 4.05. The Morgan fingerprint density at radius 3 is 2.58 bits per heavy atom. The van der Waals surface area contributed by atoms with Crippen molar-refractivity contribution in [3.63, 3.8) is 0 Å². The van der Waals surface area contributed by atoms with Crippen molar-refractivity contribution in [3.8, 4) is 0 Å². The Labute approximate surface area is 71.6 Å². The first-order valence-corrected chi connectivity index (χ1v) is 4.16. The van der Waals surface area contributed by atoms with Crippen LogP contribution < -0.4 is 0 Å². The number of nitrogens with zero attached hydrogens (tertiary/aromatic N) is 2.